The molecule has 0 unspecified atom stereocenters. The van der Waals surface area contributed by atoms with Gasteiger partial charge in [-0.15, -0.1) is 0 Å². The van der Waals surface area contributed by atoms with Gasteiger partial charge in [-0.3, -0.25) is 14.4 Å². The van der Waals surface area contributed by atoms with Crippen molar-refractivity contribution in [2.45, 2.75) is 45.4 Å². The third-order valence-electron chi connectivity index (χ3n) is 3.09. The normalized spacial score (nSPS) is 12.1. The third kappa shape index (κ3) is 12.4. The summed E-state index contributed by atoms with van der Waals surface area (Å²) in [5.41, 5.74) is 0. The van der Waals surface area contributed by atoms with Crippen LogP contribution in [0.25, 0.3) is 0 Å². The minimum Gasteiger partial charge on any atom is -0.469 e. The Labute approximate surface area is 136 Å². The number of carbonyl (C=O) groups excluding carboxylic acids is 3. The van der Waals surface area contributed by atoms with Crippen molar-refractivity contribution in [3.8, 4) is 0 Å². The van der Waals surface area contributed by atoms with E-state index in [-0.39, 0.29) is 23.0 Å². The molecule has 0 aromatic heterocycles. The molecule has 0 aromatic carbocycles. The molecule has 0 amide bonds. The van der Waals surface area contributed by atoms with Gasteiger partial charge < -0.3 is 9.47 Å². The lowest BCUT2D eigenvalue weighted by Crippen LogP contribution is -2.04. The fraction of sp³-hybridized carbons (Fsp3) is 0.688. The average Bonchev–Trinajstić information content (AvgIpc) is 2.51. The van der Waals surface area contributed by atoms with Gasteiger partial charge in [-0.1, -0.05) is 30.3 Å². The molecule has 0 aliphatic carbocycles. The summed E-state index contributed by atoms with van der Waals surface area (Å²) in [6, 6.07) is 0. The SMILES string of the molecule is COC(=O)CC/C=C/[C@H](CCCCC(=O)OC)CSC(C)=O. The zero-order valence-electron chi connectivity index (χ0n) is 13.6. The minimum atomic E-state index is -0.225. The molecule has 0 aliphatic heterocycles. The highest BCUT2D eigenvalue weighted by molar-refractivity contribution is 8.13. The molecule has 0 aromatic rings. The summed E-state index contributed by atoms with van der Waals surface area (Å²) in [5, 5.41) is 0.0996. The smallest absolute Gasteiger partial charge is 0.305 e. The van der Waals surface area contributed by atoms with Crippen LogP contribution in [-0.2, 0) is 23.9 Å². The monoisotopic (exact) mass is 330 g/mol. The number of ether oxygens (including phenoxy) is 2. The standard InChI is InChI=1S/C16H26O5S/c1-13(17)22-12-14(8-4-6-10-15(18)20-2)9-5-7-11-16(19)21-3/h4,8,14H,5-7,9-12H2,1-3H3/b8-4+/t14-/m1/s1. The molecule has 0 heterocycles. The van der Waals surface area contributed by atoms with E-state index in [9.17, 15) is 14.4 Å². The van der Waals surface area contributed by atoms with Crippen LogP contribution in [0.5, 0.6) is 0 Å². The van der Waals surface area contributed by atoms with Crippen LogP contribution >= 0.6 is 11.8 Å². The van der Waals surface area contributed by atoms with Crippen molar-refractivity contribution < 1.29 is 23.9 Å². The van der Waals surface area contributed by atoms with Crippen LogP contribution in [0.3, 0.4) is 0 Å². The zero-order chi connectivity index (χ0) is 16.8. The van der Waals surface area contributed by atoms with E-state index in [1.807, 2.05) is 6.08 Å². The molecule has 126 valence electrons. The summed E-state index contributed by atoms with van der Waals surface area (Å²) in [4.78, 5) is 33.2. The maximum absolute atomic E-state index is 11.1. The number of unbranched alkanes of at least 4 members (excludes halogenated alkanes) is 1. The molecule has 0 spiro atoms. The highest BCUT2D eigenvalue weighted by atomic mass is 32.2. The van der Waals surface area contributed by atoms with E-state index in [4.69, 9.17) is 0 Å². The van der Waals surface area contributed by atoms with Crippen molar-refractivity contribution >= 4 is 28.8 Å². The van der Waals surface area contributed by atoms with Crippen LogP contribution < -0.4 is 0 Å². The largest absolute Gasteiger partial charge is 0.469 e. The van der Waals surface area contributed by atoms with E-state index < -0.39 is 0 Å². The fourth-order valence-corrected chi connectivity index (χ4v) is 2.56. The first-order chi connectivity index (χ1) is 10.5. The number of esters is 2. The lowest BCUT2D eigenvalue weighted by molar-refractivity contribution is -0.141. The molecule has 22 heavy (non-hydrogen) atoms. The molecule has 0 N–H and O–H groups in total. The zero-order valence-corrected chi connectivity index (χ0v) is 14.4. The van der Waals surface area contributed by atoms with Gasteiger partial charge in [0.05, 0.1) is 14.2 Å². The van der Waals surface area contributed by atoms with E-state index in [0.717, 1.165) is 25.0 Å². The van der Waals surface area contributed by atoms with Crippen LogP contribution in [-0.4, -0.2) is 37.0 Å². The predicted octanol–water partition coefficient (Wildman–Crippen LogP) is 3.13. The minimum absolute atomic E-state index is 0.0996. The lowest BCUT2D eigenvalue weighted by Gasteiger charge is -2.11. The fourth-order valence-electron chi connectivity index (χ4n) is 1.83. The number of hydrogen-bond donors (Lipinski definition) is 0. The van der Waals surface area contributed by atoms with Crippen molar-refractivity contribution in [3.63, 3.8) is 0 Å². The van der Waals surface area contributed by atoms with Crippen molar-refractivity contribution in [2.24, 2.45) is 5.92 Å². The van der Waals surface area contributed by atoms with Crippen LogP contribution in [0.1, 0.15) is 45.4 Å². The topological polar surface area (TPSA) is 69.7 Å². The average molecular weight is 330 g/mol. The van der Waals surface area contributed by atoms with Gasteiger partial charge in [-0.25, -0.2) is 0 Å². The van der Waals surface area contributed by atoms with Gasteiger partial charge in [0, 0.05) is 25.5 Å². The Morgan fingerprint density at radius 2 is 1.68 bits per heavy atom. The number of hydrogen-bond acceptors (Lipinski definition) is 6. The van der Waals surface area contributed by atoms with Gasteiger partial charge in [-0.05, 0) is 25.2 Å². The number of carbonyl (C=O) groups is 3. The van der Waals surface area contributed by atoms with E-state index in [0.29, 0.717) is 19.3 Å². The van der Waals surface area contributed by atoms with Gasteiger partial charge in [0.2, 0.25) is 0 Å². The quantitative estimate of drug-likeness (QED) is 0.329. The van der Waals surface area contributed by atoms with Crippen molar-refractivity contribution in [2.75, 3.05) is 20.0 Å². The summed E-state index contributed by atoms with van der Waals surface area (Å²) in [7, 11) is 2.76. The summed E-state index contributed by atoms with van der Waals surface area (Å²) in [6.07, 6.45) is 8.03. The maximum atomic E-state index is 11.1. The molecule has 0 saturated carbocycles. The van der Waals surface area contributed by atoms with E-state index in [1.165, 1.54) is 26.0 Å². The Bertz CT molecular complexity index is 379. The molecule has 0 aliphatic rings. The van der Waals surface area contributed by atoms with Crippen molar-refractivity contribution in [3.05, 3.63) is 12.2 Å². The Kier molecular flexibility index (Phi) is 12.6. The molecule has 6 heteroatoms. The summed E-state index contributed by atoms with van der Waals surface area (Å²) >= 11 is 1.30. The molecule has 0 fully saturated rings. The molecular formula is C16H26O5S. The molecule has 0 rings (SSSR count). The lowest BCUT2D eigenvalue weighted by atomic mass is 10.0. The Balaban J connectivity index is 4.13. The van der Waals surface area contributed by atoms with Gasteiger partial charge >= 0.3 is 11.9 Å². The summed E-state index contributed by atoms with van der Waals surface area (Å²) in [5.74, 6) is 0.576. The predicted molar refractivity (Wildman–Crippen MR) is 87.5 cm³/mol. The second-order valence-corrected chi connectivity index (χ2v) is 6.12. The Morgan fingerprint density at radius 3 is 2.27 bits per heavy atom. The van der Waals surface area contributed by atoms with Gasteiger partial charge in [0.1, 0.15) is 0 Å². The van der Waals surface area contributed by atoms with Crippen LogP contribution in [0.4, 0.5) is 0 Å². The van der Waals surface area contributed by atoms with Gasteiger partial charge in [-0.2, -0.15) is 0 Å². The summed E-state index contributed by atoms with van der Waals surface area (Å²) in [6.45, 7) is 1.56. The van der Waals surface area contributed by atoms with E-state index in [2.05, 4.69) is 15.5 Å². The van der Waals surface area contributed by atoms with E-state index >= 15 is 0 Å². The number of rotatable bonds is 11. The molecule has 1 atom stereocenters. The third-order valence-corrected chi connectivity index (χ3v) is 4.09. The Hall–Kier alpha value is -1.30. The second kappa shape index (κ2) is 13.4. The van der Waals surface area contributed by atoms with Crippen LogP contribution in [0.2, 0.25) is 0 Å². The summed E-state index contributed by atoms with van der Waals surface area (Å²) < 4.78 is 9.19. The number of thioether (sulfide) groups is 1. The highest BCUT2D eigenvalue weighted by Gasteiger charge is 2.08. The number of methoxy groups -OCH3 is 2. The molecular weight excluding hydrogens is 304 g/mol. The second-order valence-electron chi connectivity index (χ2n) is 4.93. The highest BCUT2D eigenvalue weighted by Crippen LogP contribution is 2.18. The number of allylic oxidation sites excluding steroid dienone is 2. The van der Waals surface area contributed by atoms with Gasteiger partial charge in [0.25, 0.3) is 0 Å². The first-order valence-electron chi connectivity index (χ1n) is 7.43. The van der Waals surface area contributed by atoms with Crippen molar-refractivity contribution in [1.82, 2.24) is 0 Å². The van der Waals surface area contributed by atoms with Gasteiger partial charge in [0.15, 0.2) is 5.12 Å². The van der Waals surface area contributed by atoms with Crippen LogP contribution in [0.15, 0.2) is 12.2 Å². The molecule has 5 nitrogen and oxygen atoms in total. The van der Waals surface area contributed by atoms with Crippen LogP contribution in [0, 0.1) is 5.92 Å². The molecule has 0 saturated heterocycles. The van der Waals surface area contributed by atoms with E-state index in [1.54, 1.807) is 6.92 Å². The Morgan fingerprint density at radius 1 is 1.05 bits per heavy atom. The molecule has 0 bridgehead atoms. The first kappa shape index (κ1) is 20.7. The molecule has 0 radical (unpaired) electrons. The van der Waals surface area contributed by atoms with Crippen molar-refractivity contribution in [1.29, 1.82) is 0 Å². The first-order valence-corrected chi connectivity index (χ1v) is 8.41. The maximum Gasteiger partial charge on any atom is 0.305 e.